The molecule has 0 aliphatic heterocycles. The van der Waals surface area contributed by atoms with Crippen molar-refractivity contribution < 1.29 is 10.2 Å². The molecule has 0 saturated heterocycles. The van der Waals surface area contributed by atoms with Crippen LogP contribution in [-0.4, -0.2) is 23.4 Å². The van der Waals surface area contributed by atoms with E-state index in [-0.39, 0.29) is 19.1 Å². The summed E-state index contributed by atoms with van der Waals surface area (Å²) in [6, 6.07) is 18.8. The van der Waals surface area contributed by atoms with Crippen molar-refractivity contribution in [1.29, 1.82) is 0 Å². The molecule has 0 spiro atoms. The van der Waals surface area contributed by atoms with E-state index in [1.54, 1.807) is 0 Å². The molecule has 2 N–H and O–H groups in total. The lowest BCUT2D eigenvalue weighted by molar-refractivity contribution is 0.150. The van der Waals surface area contributed by atoms with Crippen molar-refractivity contribution in [3.8, 4) is 0 Å². The van der Waals surface area contributed by atoms with Gasteiger partial charge in [0.05, 0.1) is 0 Å². The molecule has 0 unspecified atom stereocenters. The first-order valence-electron chi connectivity index (χ1n) is 6.94. The highest BCUT2D eigenvalue weighted by Gasteiger charge is 2.13. The zero-order chi connectivity index (χ0) is 13.9. The molecule has 0 aliphatic rings. The lowest BCUT2D eigenvalue weighted by Gasteiger charge is -2.16. The average molecular weight is 266 g/mol. The van der Waals surface area contributed by atoms with Gasteiger partial charge in [-0.2, -0.15) is 0 Å². The standard InChI is InChI=1S/C18H18O2/c19-11-13(12-20)9-18-16-7-3-1-5-14(16)10-15-6-2-4-8-17(15)18/h1-8,10,13,19-20H,9,11-12H2. The molecular formula is C18H18O2. The van der Waals surface area contributed by atoms with Crippen LogP contribution in [0.1, 0.15) is 5.56 Å². The summed E-state index contributed by atoms with van der Waals surface area (Å²) >= 11 is 0. The van der Waals surface area contributed by atoms with Gasteiger partial charge in [-0.1, -0.05) is 48.5 Å². The van der Waals surface area contributed by atoms with Gasteiger partial charge in [-0.3, -0.25) is 0 Å². The van der Waals surface area contributed by atoms with E-state index < -0.39 is 0 Å². The molecule has 3 aromatic carbocycles. The Labute approximate surface area is 118 Å². The fourth-order valence-corrected chi connectivity index (χ4v) is 2.80. The van der Waals surface area contributed by atoms with E-state index in [1.165, 1.54) is 27.1 Å². The van der Waals surface area contributed by atoms with Crippen molar-refractivity contribution in [2.45, 2.75) is 6.42 Å². The highest BCUT2D eigenvalue weighted by atomic mass is 16.3. The van der Waals surface area contributed by atoms with Gasteiger partial charge in [0.25, 0.3) is 0 Å². The van der Waals surface area contributed by atoms with E-state index in [2.05, 4.69) is 30.3 Å². The molecule has 20 heavy (non-hydrogen) atoms. The molecule has 0 aliphatic carbocycles. The highest BCUT2D eigenvalue weighted by Crippen LogP contribution is 2.30. The quantitative estimate of drug-likeness (QED) is 0.712. The Morgan fingerprint density at radius 2 is 1.25 bits per heavy atom. The maximum absolute atomic E-state index is 9.37. The molecular weight excluding hydrogens is 248 g/mol. The van der Waals surface area contributed by atoms with Gasteiger partial charge in [0, 0.05) is 19.1 Å². The summed E-state index contributed by atoms with van der Waals surface area (Å²) in [6.45, 7) is 0.0160. The van der Waals surface area contributed by atoms with Crippen LogP contribution in [0.15, 0.2) is 54.6 Å². The maximum Gasteiger partial charge on any atom is 0.0484 e. The van der Waals surface area contributed by atoms with Crippen molar-refractivity contribution in [3.63, 3.8) is 0 Å². The minimum atomic E-state index is -0.107. The average Bonchev–Trinajstić information content (AvgIpc) is 2.51. The molecule has 0 fully saturated rings. The van der Waals surface area contributed by atoms with Gasteiger partial charge in [0.15, 0.2) is 0 Å². The fourth-order valence-electron chi connectivity index (χ4n) is 2.80. The summed E-state index contributed by atoms with van der Waals surface area (Å²) < 4.78 is 0. The first-order valence-corrected chi connectivity index (χ1v) is 6.94. The van der Waals surface area contributed by atoms with E-state index in [0.29, 0.717) is 6.42 Å². The van der Waals surface area contributed by atoms with E-state index in [1.807, 2.05) is 24.3 Å². The van der Waals surface area contributed by atoms with Gasteiger partial charge in [0.1, 0.15) is 0 Å². The smallest absolute Gasteiger partial charge is 0.0484 e. The number of fused-ring (bicyclic) bond motifs is 2. The third kappa shape index (κ3) is 2.28. The van der Waals surface area contributed by atoms with Crippen LogP contribution in [0, 0.1) is 5.92 Å². The van der Waals surface area contributed by atoms with Gasteiger partial charge in [0.2, 0.25) is 0 Å². The van der Waals surface area contributed by atoms with Gasteiger partial charge < -0.3 is 10.2 Å². The van der Waals surface area contributed by atoms with Gasteiger partial charge in [-0.15, -0.1) is 0 Å². The zero-order valence-corrected chi connectivity index (χ0v) is 11.3. The topological polar surface area (TPSA) is 40.5 Å². The first kappa shape index (κ1) is 13.1. The second-order valence-electron chi connectivity index (χ2n) is 5.23. The minimum Gasteiger partial charge on any atom is -0.396 e. The second kappa shape index (κ2) is 5.61. The summed E-state index contributed by atoms with van der Waals surface area (Å²) in [4.78, 5) is 0. The molecule has 0 bridgehead atoms. The molecule has 102 valence electrons. The van der Waals surface area contributed by atoms with Crippen LogP contribution in [0.4, 0.5) is 0 Å². The Balaban J connectivity index is 2.27. The molecule has 0 atom stereocenters. The first-order chi connectivity index (χ1) is 9.83. The third-order valence-electron chi connectivity index (χ3n) is 3.89. The van der Waals surface area contributed by atoms with E-state index in [0.717, 1.165) is 0 Å². The number of aliphatic hydroxyl groups is 2. The number of hydrogen-bond donors (Lipinski definition) is 2. The van der Waals surface area contributed by atoms with Crippen molar-refractivity contribution >= 4 is 21.5 Å². The monoisotopic (exact) mass is 266 g/mol. The molecule has 0 heterocycles. The van der Waals surface area contributed by atoms with Gasteiger partial charge in [-0.05, 0) is 39.6 Å². The molecule has 3 aromatic rings. The Kier molecular flexibility index (Phi) is 3.68. The van der Waals surface area contributed by atoms with E-state index >= 15 is 0 Å². The minimum absolute atomic E-state index is 0.00798. The lowest BCUT2D eigenvalue weighted by Crippen LogP contribution is -2.14. The number of rotatable bonds is 4. The van der Waals surface area contributed by atoms with Crippen molar-refractivity contribution in [3.05, 3.63) is 60.2 Å². The number of hydrogen-bond acceptors (Lipinski definition) is 2. The maximum atomic E-state index is 9.37. The van der Waals surface area contributed by atoms with Crippen LogP contribution in [-0.2, 0) is 6.42 Å². The summed E-state index contributed by atoms with van der Waals surface area (Å²) in [5.41, 5.74) is 1.21. The fraction of sp³-hybridized carbons (Fsp3) is 0.222. The Morgan fingerprint density at radius 1 is 0.750 bits per heavy atom. The van der Waals surface area contributed by atoms with E-state index in [4.69, 9.17) is 0 Å². The van der Waals surface area contributed by atoms with E-state index in [9.17, 15) is 10.2 Å². The zero-order valence-electron chi connectivity index (χ0n) is 11.3. The Bertz CT molecular complexity index is 676. The van der Waals surface area contributed by atoms with Crippen LogP contribution < -0.4 is 0 Å². The largest absolute Gasteiger partial charge is 0.396 e. The third-order valence-corrected chi connectivity index (χ3v) is 3.89. The van der Waals surface area contributed by atoms with Crippen LogP contribution in [0.25, 0.3) is 21.5 Å². The second-order valence-corrected chi connectivity index (χ2v) is 5.23. The summed E-state index contributed by atoms with van der Waals surface area (Å²) in [6.07, 6.45) is 0.689. The van der Waals surface area contributed by atoms with Crippen LogP contribution >= 0.6 is 0 Å². The highest BCUT2D eigenvalue weighted by molar-refractivity contribution is 6.02. The van der Waals surface area contributed by atoms with Crippen molar-refractivity contribution in [2.75, 3.05) is 13.2 Å². The van der Waals surface area contributed by atoms with Gasteiger partial charge >= 0.3 is 0 Å². The number of aliphatic hydroxyl groups excluding tert-OH is 2. The predicted octanol–water partition coefficient (Wildman–Crippen LogP) is 3.14. The molecule has 0 saturated carbocycles. The molecule has 3 rings (SSSR count). The predicted molar refractivity (Wildman–Crippen MR) is 82.8 cm³/mol. The number of benzene rings is 3. The molecule has 2 nitrogen and oxygen atoms in total. The summed E-state index contributed by atoms with van der Waals surface area (Å²) in [5.74, 6) is -0.107. The molecule has 0 aromatic heterocycles. The Morgan fingerprint density at radius 3 is 1.75 bits per heavy atom. The normalized spacial score (nSPS) is 11.6. The molecule has 2 heteroatoms. The van der Waals surface area contributed by atoms with Gasteiger partial charge in [-0.25, -0.2) is 0 Å². The summed E-state index contributed by atoms with van der Waals surface area (Å²) in [5, 5.41) is 23.6. The summed E-state index contributed by atoms with van der Waals surface area (Å²) in [7, 11) is 0. The Hall–Kier alpha value is -1.90. The van der Waals surface area contributed by atoms with Crippen molar-refractivity contribution in [2.24, 2.45) is 5.92 Å². The van der Waals surface area contributed by atoms with Crippen molar-refractivity contribution in [1.82, 2.24) is 0 Å². The van der Waals surface area contributed by atoms with Crippen LogP contribution in [0.5, 0.6) is 0 Å². The van der Waals surface area contributed by atoms with Crippen LogP contribution in [0.2, 0.25) is 0 Å². The van der Waals surface area contributed by atoms with Crippen LogP contribution in [0.3, 0.4) is 0 Å². The molecule has 0 radical (unpaired) electrons. The molecule has 0 amide bonds. The SMILES string of the molecule is OCC(CO)Cc1c2ccccc2cc2ccccc12. The lowest BCUT2D eigenvalue weighted by atomic mass is 9.91.